The highest BCUT2D eigenvalue weighted by molar-refractivity contribution is 5.84. The third kappa shape index (κ3) is 2.42. The van der Waals surface area contributed by atoms with E-state index in [9.17, 15) is 4.79 Å². The molecule has 1 atom stereocenters. The van der Waals surface area contributed by atoms with Crippen molar-refractivity contribution in [3.8, 4) is 0 Å². The molecule has 1 aliphatic carbocycles. The fourth-order valence-corrected chi connectivity index (χ4v) is 4.10. The fourth-order valence-electron chi connectivity index (χ4n) is 4.10. The second-order valence-corrected chi connectivity index (χ2v) is 7.08. The van der Waals surface area contributed by atoms with E-state index in [1.807, 2.05) is 0 Å². The number of nitrogens with zero attached hydrogens (tertiary/aromatic N) is 1. The van der Waals surface area contributed by atoms with Crippen LogP contribution in [-0.4, -0.2) is 27.8 Å². The van der Waals surface area contributed by atoms with E-state index in [1.165, 1.54) is 25.7 Å². The van der Waals surface area contributed by atoms with E-state index in [2.05, 4.69) is 32.6 Å². The Labute approximate surface area is 106 Å². The summed E-state index contributed by atoms with van der Waals surface area (Å²) in [6.45, 7) is 9.26. The van der Waals surface area contributed by atoms with Gasteiger partial charge < -0.3 is 0 Å². The van der Waals surface area contributed by atoms with Crippen LogP contribution in [0.5, 0.6) is 0 Å². The number of hydrogen-bond acceptors (Lipinski definition) is 2. The lowest BCUT2D eigenvalue weighted by atomic mass is 9.76. The number of piperidine rings is 1. The van der Waals surface area contributed by atoms with Crippen molar-refractivity contribution in [2.75, 3.05) is 0 Å². The summed E-state index contributed by atoms with van der Waals surface area (Å²) in [6.07, 6.45) is 7.93. The second kappa shape index (κ2) is 4.38. The Hall–Kier alpha value is -0.370. The molecule has 1 saturated carbocycles. The molecule has 98 valence electrons. The third-order valence-corrected chi connectivity index (χ3v) is 4.72. The zero-order chi connectivity index (χ0) is 12.7. The summed E-state index contributed by atoms with van der Waals surface area (Å²) < 4.78 is 0. The highest BCUT2D eigenvalue weighted by Crippen LogP contribution is 2.42. The van der Waals surface area contributed by atoms with Crippen LogP contribution in [0.1, 0.15) is 72.6 Å². The summed E-state index contributed by atoms with van der Waals surface area (Å²) in [6, 6.07) is 0.189. The van der Waals surface area contributed by atoms with Gasteiger partial charge in [0.05, 0.1) is 6.04 Å². The number of carbonyl (C=O) groups excluding carboxylic acids is 1. The molecule has 2 aliphatic rings. The second-order valence-electron chi connectivity index (χ2n) is 7.08. The van der Waals surface area contributed by atoms with Gasteiger partial charge in [-0.1, -0.05) is 6.42 Å². The lowest BCUT2D eigenvalue weighted by molar-refractivity contribution is -0.138. The van der Waals surface area contributed by atoms with Crippen LogP contribution in [0.2, 0.25) is 0 Å². The molecule has 0 aromatic carbocycles. The third-order valence-electron chi connectivity index (χ3n) is 4.72. The molecule has 17 heavy (non-hydrogen) atoms. The van der Waals surface area contributed by atoms with Crippen LogP contribution < -0.4 is 0 Å². The van der Waals surface area contributed by atoms with Gasteiger partial charge in [0.1, 0.15) is 5.78 Å². The average molecular weight is 237 g/mol. The van der Waals surface area contributed by atoms with Crippen molar-refractivity contribution in [2.24, 2.45) is 0 Å². The minimum Gasteiger partial charge on any atom is -0.298 e. The predicted octanol–water partition coefficient (Wildman–Crippen LogP) is 3.54. The maximum absolute atomic E-state index is 12.2. The number of rotatable bonds is 1. The summed E-state index contributed by atoms with van der Waals surface area (Å²) in [5.74, 6) is 0.485. The van der Waals surface area contributed by atoms with Crippen LogP contribution in [-0.2, 0) is 4.79 Å². The molecule has 1 aliphatic heterocycles. The van der Waals surface area contributed by atoms with E-state index in [1.54, 1.807) is 0 Å². The number of ketones is 1. The maximum Gasteiger partial charge on any atom is 0.149 e. The summed E-state index contributed by atoms with van der Waals surface area (Å²) in [5, 5.41) is 0. The van der Waals surface area contributed by atoms with Gasteiger partial charge in [-0.15, -0.1) is 0 Å². The average Bonchev–Trinajstić information content (AvgIpc) is 2.18. The highest BCUT2D eigenvalue weighted by atomic mass is 16.1. The van der Waals surface area contributed by atoms with E-state index in [0.29, 0.717) is 5.78 Å². The standard InChI is InChI=1S/C15H27NO/c1-14(2)10-7-11-15(3,4)16(14)12-8-5-6-9-13(12)17/h12H,5-11H2,1-4H3. The van der Waals surface area contributed by atoms with E-state index >= 15 is 0 Å². The topological polar surface area (TPSA) is 20.3 Å². The summed E-state index contributed by atoms with van der Waals surface area (Å²) in [4.78, 5) is 14.8. The smallest absolute Gasteiger partial charge is 0.149 e. The maximum atomic E-state index is 12.2. The predicted molar refractivity (Wildman–Crippen MR) is 71.1 cm³/mol. The van der Waals surface area contributed by atoms with Gasteiger partial charge in [0.2, 0.25) is 0 Å². The van der Waals surface area contributed by atoms with Gasteiger partial charge in [-0.05, 0) is 59.8 Å². The van der Waals surface area contributed by atoms with Crippen molar-refractivity contribution in [1.82, 2.24) is 4.90 Å². The normalized spacial score (nSPS) is 33.6. The summed E-state index contributed by atoms with van der Waals surface area (Å²) in [5.41, 5.74) is 0.360. The molecule has 1 saturated heterocycles. The monoisotopic (exact) mass is 237 g/mol. The van der Waals surface area contributed by atoms with Gasteiger partial charge >= 0.3 is 0 Å². The van der Waals surface area contributed by atoms with E-state index in [4.69, 9.17) is 0 Å². The Morgan fingerprint density at radius 2 is 1.59 bits per heavy atom. The van der Waals surface area contributed by atoms with E-state index in [0.717, 1.165) is 19.3 Å². The molecule has 0 bridgehead atoms. The zero-order valence-corrected chi connectivity index (χ0v) is 11.9. The van der Waals surface area contributed by atoms with Crippen LogP contribution in [0.4, 0.5) is 0 Å². The summed E-state index contributed by atoms with van der Waals surface area (Å²) in [7, 11) is 0. The first-order chi connectivity index (χ1) is 7.84. The van der Waals surface area contributed by atoms with Crippen molar-refractivity contribution in [3.63, 3.8) is 0 Å². The molecule has 0 spiro atoms. The largest absolute Gasteiger partial charge is 0.298 e. The Kier molecular flexibility index (Phi) is 3.37. The SMILES string of the molecule is CC1(C)CCCC(C)(C)N1C1CCCCC1=O. The van der Waals surface area contributed by atoms with E-state index < -0.39 is 0 Å². The minimum atomic E-state index is 0.180. The Morgan fingerprint density at radius 3 is 2.12 bits per heavy atom. The van der Waals surface area contributed by atoms with Gasteiger partial charge in [-0.25, -0.2) is 0 Å². The number of Topliss-reactive ketones (excluding diaryl/α,β-unsaturated/α-hetero) is 1. The van der Waals surface area contributed by atoms with Crippen molar-refractivity contribution in [2.45, 2.75) is 89.8 Å². The molecular formula is C15H27NO. The van der Waals surface area contributed by atoms with Gasteiger partial charge in [0.25, 0.3) is 0 Å². The molecule has 0 aromatic rings. The molecule has 2 heteroatoms. The number of hydrogen-bond donors (Lipinski definition) is 0. The lowest BCUT2D eigenvalue weighted by Crippen LogP contribution is -2.64. The van der Waals surface area contributed by atoms with Gasteiger partial charge in [0, 0.05) is 17.5 Å². The van der Waals surface area contributed by atoms with Crippen LogP contribution in [0.15, 0.2) is 0 Å². The molecule has 0 aromatic heterocycles. The Bertz CT molecular complexity index is 290. The van der Waals surface area contributed by atoms with Crippen LogP contribution in [0.25, 0.3) is 0 Å². The molecule has 1 unspecified atom stereocenters. The minimum absolute atomic E-state index is 0.180. The zero-order valence-electron chi connectivity index (χ0n) is 11.9. The molecule has 0 N–H and O–H groups in total. The Balaban J connectivity index is 2.27. The summed E-state index contributed by atoms with van der Waals surface area (Å²) >= 11 is 0. The van der Waals surface area contributed by atoms with Crippen molar-refractivity contribution in [3.05, 3.63) is 0 Å². The molecule has 0 amide bonds. The van der Waals surface area contributed by atoms with Crippen molar-refractivity contribution in [1.29, 1.82) is 0 Å². The van der Waals surface area contributed by atoms with Gasteiger partial charge in [-0.2, -0.15) is 0 Å². The van der Waals surface area contributed by atoms with Gasteiger partial charge in [0.15, 0.2) is 0 Å². The first kappa shape index (κ1) is 13.1. The molecule has 0 radical (unpaired) electrons. The quantitative estimate of drug-likeness (QED) is 0.695. The molecule has 1 heterocycles. The van der Waals surface area contributed by atoms with Crippen LogP contribution in [0, 0.1) is 0 Å². The van der Waals surface area contributed by atoms with Gasteiger partial charge in [-0.3, -0.25) is 9.69 Å². The highest BCUT2D eigenvalue weighted by Gasteiger charge is 2.47. The van der Waals surface area contributed by atoms with Crippen molar-refractivity contribution >= 4 is 5.78 Å². The van der Waals surface area contributed by atoms with Crippen molar-refractivity contribution < 1.29 is 4.79 Å². The molecule has 2 nitrogen and oxygen atoms in total. The van der Waals surface area contributed by atoms with E-state index in [-0.39, 0.29) is 17.1 Å². The number of carbonyl (C=O) groups is 1. The first-order valence-corrected chi connectivity index (χ1v) is 7.17. The van der Waals surface area contributed by atoms with Crippen LogP contribution >= 0.6 is 0 Å². The fraction of sp³-hybridized carbons (Fsp3) is 0.933. The molecular weight excluding hydrogens is 210 g/mol. The lowest BCUT2D eigenvalue weighted by Gasteiger charge is -2.56. The first-order valence-electron chi connectivity index (χ1n) is 7.17. The molecule has 2 rings (SSSR count). The Morgan fingerprint density at radius 1 is 1.00 bits per heavy atom. The molecule has 2 fully saturated rings. The number of likely N-dealkylation sites (tertiary alicyclic amines) is 1. The van der Waals surface area contributed by atoms with Crippen LogP contribution in [0.3, 0.4) is 0 Å².